The Bertz CT molecular complexity index is 216. The van der Waals surface area contributed by atoms with Crippen LogP contribution in [0.2, 0.25) is 0 Å². The number of nitrogens with two attached hydrogens (primary N) is 1. The van der Waals surface area contributed by atoms with Gasteiger partial charge in [-0.1, -0.05) is 6.92 Å². The Hall–Kier alpha value is -1.06. The molecule has 56 valence electrons. The highest BCUT2D eigenvalue weighted by Crippen LogP contribution is 1.99. The Morgan fingerprint density at radius 2 is 2.30 bits per heavy atom. The summed E-state index contributed by atoms with van der Waals surface area (Å²) in [6.45, 7) is 2.10. The fraction of sp³-hybridized carbons (Fsp3) is 0.667. The van der Waals surface area contributed by atoms with Crippen LogP contribution in [0.4, 0.5) is 5.95 Å². The summed E-state index contributed by atoms with van der Waals surface area (Å²) in [4.78, 5) is 4.03. The van der Waals surface area contributed by atoms with Crippen molar-refractivity contribution in [2.45, 2.75) is 19.8 Å². The SMILES string of the molecule is CCCc1nc(N)nn1C. The molecule has 0 bridgehead atoms. The van der Waals surface area contributed by atoms with Crippen molar-refractivity contribution in [1.29, 1.82) is 0 Å². The zero-order valence-corrected chi connectivity index (χ0v) is 6.33. The van der Waals surface area contributed by atoms with Crippen molar-refractivity contribution in [2.24, 2.45) is 7.05 Å². The quantitative estimate of drug-likeness (QED) is 0.644. The van der Waals surface area contributed by atoms with E-state index >= 15 is 0 Å². The molecule has 0 saturated carbocycles. The first-order valence-electron chi connectivity index (χ1n) is 3.39. The molecule has 1 rings (SSSR count). The van der Waals surface area contributed by atoms with Crippen molar-refractivity contribution in [2.75, 3.05) is 5.73 Å². The molecule has 4 nitrogen and oxygen atoms in total. The summed E-state index contributed by atoms with van der Waals surface area (Å²) in [5.41, 5.74) is 5.37. The summed E-state index contributed by atoms with van der Waals surface area (Å²) < 4.78 is 1.72. The minimum absolute atomic E-state index is 0.367. The van der Waals surface area contributed by atoms with E-state index in [4.69, 9.17) is 5.73 Å². The van der Waals surface area contributed by atoms with Gasteiger partial charge >= 0.3 is 0 Å². The van der Waals surface area contributed by atoms with E-state index in [1.54, 1.807) is 4.68 Å². The zero-order valence-electron chi connectivity index (χ0n) is 6.33. The van der Waals surface area contributed by atoms with Crippen molar-refractivity contribution in [1.82, 2.24) is 14.8 Å². The van der Waals surface area contributed by atoms with E-state index in [0.717, 1.165) is 18.7 Å². The van der Waals surface area contributed by atoms with E-state index in [9.17, 15) is 0 Å². The van der Waals surface area contributed by atoms with Crippen molar-refractivity contribution in [3.63, 3.8) is 0 Å². The molecule has 0 spiro atoms. The molecule has 1 aromatic rings. The Balaban J connectivity index is 2.81. The summed E-state index contributed by atoms with van der Waals surface area (Å²) >= 11 is 0. The van der Waals surface area contributed by atoms with E-state index < -0.39 is 0 Å². The molecule has 0 fully saturated rings. The first-order chi connectivity index (χ1) is 4.74. The van der Waals surface area contributed by atoms with Crippen LogP contribution >= 0.6 is 0 Å². The second-order valence-corrected chi connectivity index (χ2v) is 2.26. The topological polar surface area (TPSA) is 56.7 Å². The molecular formula is C6H12N4. The Labute approximate surface area is 60.1 Å². The molecule has 10 heavy (non-hydrogen) atoms. The van der Waals surface area contributed by atoms with Gasteiger partial charge in [0.05, 0.1) is 0 Å². The molecule has 1 heterocycles. The lowest BCUT2D eigenvalue weighted by molar-refractivity contribution is 0.688. The smallest absolute Gasteiger partial charge is 0.239 e. The molecule has 0 radical (unpaired) electrons. The van der Waals surface area contributed by atoms with Gasteiger partial charge in [0.2, 0.25) is 5.95 Å². The lowest BCUT2D eigenvalue weighted by atomic mass is 10.3. The van der Waals surface area contributed by atoms with E-state index in [-0.39, 0.29) is 0 Å². The fourth-order valence-electron chi connectivity index (χ4n) is 0.880. The number of aryl methyl sites for hydroxylation is 2. The van der Waals surface area contributed by atoms with Crippen LogP contribution in [0.25, 0.3) is 0 Å². The third kappa shape index (κ3) is 1.26. The zero-order chi connectivity index (χ0) is 7.56. The van der Waals surface area contributed by atoms with Crippen LogP contribution in [-0.2, 0) is 13.5 Å². The summed E-state index contributed by atoms with van der Waals surface area (Å²) in [7, 11) is 1.86. The van der Waals surface area contributed by atoms with Crippen LogP contribution in [-0.4, -0.2) is 14.8 Å². The lowest BCUT2D eigenvalue weighted by Gasteiger charge is -1.93. The monoisotopic (exact) mass is 140 g/mol. The Morgan fingerprint density at radius 3 is 2.70 bits per heavy atom. The highest BCUT2D eigenvalue weighted by Gasteiger charge is 2.00. The molecule has 0 aliphatic rings. The first kappa shape index (κ1) is 7.05. The van der Waals surface area contributed by atoms with Gasteiger partial charge in [-0.15, -0.1) is 5.10 Å². The average molecular weight is 140 g/mol. The second kappa shape index (κ2) is 2.68. The van der Waals surface area contributed by atoms with Gasteiger partial charge in [-0.3, -0.25) is 4.68 Å². The van der Waals surface area contributed by atoms with Crippen LogP contribution in [0.5, 0.6) is 0 Å². The lowest BCUT2D eigenvalue weighted by Crippen LogP contribution is -1.98. The molecule has 0 atom stereocenters. The number of nitrogen functional groups attached to an aromatic ring is 1. The van der Waals surface area contributed by atoms with Gasteiger partial charge in [0.15, 0.2) is 0 Å². The Morgan fingerprint density at radius 1 is 1.60 bits per heavy atom. The summed E-state index contributed by atoms with van der Waals surface area (Å²) in [5, 5.41) is 3.91. The predicted molar refractivity (Wildman–Crippen MR) is 39.4 cm³/mol. The van der Waals surface area contributed by atoms with Gasteiger partial charge in [0.25, 0.3) is 0 Å². The maximum Gasteiger partial charge on any atom is 0.239 e. The van der Waals surface area contributed by atoms with E-state index in [1.807, 2.05) is 7.05 Å². The van der Waals surface area contributed by atoms with Crippen molar-refractivity contribution in [3.05, 3.63) is 5.82 Å². The standard InChI is InChI=1S/C6H12N4/c1-3-4-5-8-6(7)9-10(5)2/h3-4H2,1-2H3,(H2,7,9). The third-order valence-electron chi connectivity index (χ3n) is 1.34. The maximum absolute atomic E-state index is 5.37. The molecular weight excluding hydrogens is 128 g/mol. The van der Waals surface area contributed by atoms with Crippen LogP contribution in [0.15, 0.2) is 0 Å². The number of aromatic nitrogens is 3. The number of hydrogen-bond donors (Lipinski definition) is 1. The fourth-order valence-corrected chi connectivity index (χ4v) is 0.880. The van der Waals surface area contributed by atoms with Crippen LogP contribution in [0, 0.1) is 0 Å². The highest BCUT2D eigenvalue weighted by atomic mass is 15.4. The summed E-state index contributed by atoms with van der Waals surface area (Å²) in [6, 6.07) is 0. The molecule has 0 aliphatic heterocycles. The van der Waals surface area contributed by atoms with Gasteiger partial charge < -0.3 is 5.73 Å². The average Bonchev–Trinajstić information content (AvgIpc) is 2.13. The molecule has 1 aromatic heterocycles. The first-order valence-corrected chi connectivity index (χ1v) is 3.39. The number of rotatable bonds is 2. The molecule has 0 aromatic carbocycles. The van der Waals surface area contributed by atoms with Crippen molar-refractivity contribution >= 4 is 5.95 Å². The molecule has 0 saturated heterocycles. The van der Waals surface area contributed by atoms with Crippen molar-refractivity contribution < 1.29 is 0 Å². The van der Waals surface area contributed by atoms with Gasteiger partial charge in [0, 0.05) is 13.5 Å². The van der Waals surface area contributed by atoms with Gasteiger partial charge in [-0.05, 0) is 6.42 Å². The maximum atomic E-state index is 5.37. The van der Waals surface area contributed by atoms with Crippen LogP contribution in [0.3, 0.4) is 0 Å². The van der Waals surface area contributed by atoms with Crippen LogP contribution < -0.4 is 5.73 Å². The predicted octanol–water partition coefficient (Wildman–Crippen LogP) is 0.350. The molecule has 0 amide bonds. The van der Waals surface area contributed by atoms with Gasteiger partial charge in [0.1, 0.15) is 5.82 Å². The minimum atomic E-state index is 0.367. The minimum Gasteiger partial charge on any atom is -0.366 e. The summed E-state index contributed by atoms with van der Waals surface area (Å²) in [5.74, 6) is 1.32. The Kier molecular flexibility index (Phi) is 1.89. The number of nitrogens with zero attached hydrogens (tertiary/aromatic N) is 3. The van der Waals surface area contributed by atoms with E-state index in [0.29, 0.717) is 5.95 Å². The molecule has 4 heteroatoms. The van der Waals surface area contributed by atoms with E-state index in [2.05, 4.69) is 17.0 Å². The van der Waals surface area contributed by atoms with Gasteiger partial charge in [-0.25, -0.2) is 0 Å². The molecule has 2 N–H and O–H groups in total. The molecule has 0 unspecified atom stereocenters. The number of hydrogen-bond acceptors (Lipinski definition) is 3. The van der Waals surface area contributed by atoms with Crippen LogP contribution in [0.1, 0.15) is 19.2 Å². The molecule has 0 aliphatic carbocycles. The van der Waals surface area contributed by atoms with Gasteiger partial charge in [-0.2, -0.15) is 4.98 Å². The largest absolute Gasteiger partial charge is 0.366 e. The van der Waals surface area contributed by atoms with Crippen molar-refractivity contribution in [3.8, 4) is 0 Å². The summed E-state index contributed by atoms with van der Waals surface area (Å²) in [6.07, 6.45) is 2.02. The second-order valence-electron chi connectivity index (χ2n) is 2.26. The van der Waals surface area contributed by atoms with E-state index in [1.165, 1.54) is 0 Å². The third-order valence-corrected chi connectivity index (χ3v) is 1.34. The highest BCUT2D eigenvalue weighted by molar-refractivity contribution is 5.13. The normalized spacial score (nSPS) is 10.2. The number of anilines is 1.